The fourth-order valence-corrected chi connectivity index (χ4v) is 1.66. The maximum absolute atomic E-state index is 11.8. The Hall–Kier alpha value is -1.68. The lowest BCUT2D eigenvalue weighted by Crippen LogP contribution is -2.38. The number of rotatable bonds is 2. The van der Waals surface area contributed by atoms with Gasteiger partial charge in [-0.2, -0.15) is 0 Å². The summed E-state index contributed by atoms with van der Waals surface area (Å²) in [6.07, 6.45) is 13.0. The minimum absolute atomic E-state index is 0.437. The molecule has 0 aromatic carbocycles. The summed E-state index contributed by atoms with van der Waals surface area (Å²) < 4.78 is 4.98. The van der Waals surface area contributed by atoms with Crippen LogP contribution in [0.4, 0.5) is 0 Å². The summed E-state index contributed by atoms with van der Waals surface area (Å²) in [4.78, 5) is 11.8. The van der Waals surface area contributed by atoms with E-state index in [9.17, 15) is 4.79 Å². The Morgan fingerprint density at radius 3 is 3.00 bits per heavy atom. The zero-order valence-electron chi connectivity index (χ0n) is 9.41. The summed E-state index contributed by atoms with van der Waals surface area (Å²) in [6.45, 7) is 2.31. The Kier molecular flexibility index (Phi) is 3.54. The molecular weight excluding hydrogens is 240 g/mol. The van der Waals surface area contributed by atoms with E-state index >= 15 is 0 Å². The number of carbonyl (C=O) groups excluding carboxylic acids is 1. The fraction of sp³-hybridized carbons (Fsp3) is 0.250. The van der Waals surface area contributed by atoms with Crippen LogP contribution in [0, 0.1) is 0 Å². The normalized spacial score (nSPS) is 19.5. The lowest BCUT2D eigenvalue weighted by Gasteiger charge is -2.34. The quantitative estimate of drug-likeness (QED) is 0.557. The Morgan fingerprint density at radius 1 is 1.41 bits per heavy atom. The third kappa shape index (κ3) is 2.71. The zero-order valence-corrected chi connectivity index (χ0v) is 10.2. The molecule has 0 aliphatic carbocycles. The van der Waals surface area contributed by atoms with E-state index in [0.29, 0.717) is 12.2 Å². The van der Waals surface area contributed by atoms with E-state index in [-0.39, 0.29) is 0 Å². The highest BCUT2D eigenvalue weighted by molar-refractivity contribution is 6.20. The van der Waals surface area contributed by atoms with Crippen LogP contribution in [0.2, 0.25) is 0 Å². The molecule has 0 fully saturated rings. The molecule has 2 rings (SSSR count). The summed E-state index contributed by atoms with van der Waals surface area (Å²) in [6, 6.07) is 0. The first-order chi connectivity index (χ1) is 8.18. The third-order valence-electron chi connectivity index (χ3n) is 2.28. The van der Waals surface area contributed by atoms with Gasteiger partial charge in [-0.3, -0.25) is 10.0 Å². The summed E-state index contributed by atoms with van der Waals surface area (Å²) in [7, 11) is 0. The van der Waals surface area contributed by atoms with Crippen LogP contribution in [-0.2, 0) is 9.53 Å². The van der Waals surface area contributed by atoms with Crippen molar-refractivity contribution >= 4 is 17.6 Å². The van der Waals surface area contributed by atoms with Crippen molar-refractivity contribution in [2.75, 3.05) is 6.54 Å². The molecule has 2 heterocycles. The summed E-state index contributed by atoms with van der Waals surface area (Å²) in [5.74, 6) is -0.437. The molecule has 1 unspecified atom stereocenters. The van der Waals surface area contributed by atoms with Gasteiger partial charge in [0, 0.05) is 12.4 Å². The average molecular weight is 253 g/mol. The van der Waals surface area contributed by atoms with Gasteiger partial charge >= 0.3 is 5.97 Å². The van der Waals surface area contributed by atoms with Gasteiger partial charge in [0.25, 0.3) is 0 Å². The van der Waals surface area contributed by atoms with Crippen LogP contribution in [0.3, 0.4) is 0 Å². The van der Waals surface area contributed by atoms with Crippen molar-refractivity contribution in [3.8, 4) is 0 Å². The maximum Gasteiger partial charge on any atom is 0.358 e. The minimum Gasteiger partial charge on any atom is -0.442 e. The van der Waals surface area contributed by atoms with Crippen molar-refractivity contribution in [1.29, 1.82) is 0 Å². The summed E-state index contributed by atoms with van der Waals surface area (Å²) in [5.41, 5.74) is -0.197. The summed E-state index contributed by atoms with van der Waals surface area (Å²) in [5, 5.41) is 3.64. The van der Waals surface area contributed by atoms with Crippen LogP contribution >= 0.6 is 11.6 Å². The van der Waals surface area contributed by atoms with Crippen LogP contribution in [0.1, 0.15) is 6.92 Å². The molecule has 0 saturated heterocycles. The molecule has 17 heavy (non-hydrogen) atoms. The Labute approximate surface area is 105 Å². The number of hydrazine groups is 1. The van der Waals surface area contributed by atoms with E-state index < -0.39 is 11.5 Å². The topological polar surface area (TPSA) is 32.8 Å². The van der Waals surface area contributed by atoms with Gasteiger partial charge in [-0.1, -0.05) is 23.8 Å². The molecule has 90 valence electrons. The lowest BCUT2D eigenvalue weighted by molar-refractivity contribution is -0.143. The largest absolute Gasteiger partial charge is 0.442 e. The highest BCUT2D eigenvalue weighted by atomic mass is 35.5. The van der Waals surface area contributed by atoms with Gasteiger partial charge in [0.15, 0.2) is 5.56 Å². The van der Waals surface area contributed by atoms with Gasteiger partial charge < -0.3 is 4.74 Å². The molecule has 0 saturated carbocycles. The van der Waals surface area contributed by atoms with Gasteiger partial charge in [0.2, 0.25) is 0 Å². The van der Waals surface area contributed by atoms with Crippen molar-refractivity contribution in [1.82, 2.24) is 10.0 Å². The van der Waals surface area contributed by atoms with Gasteiger partial charge in [0.1, 0.15) is 5.70 Å². The average Bonchev–Trinajstić information content (AvgIpc) is 2.52. The lowest BCUT2D eigenvalue weighted by atomic mass is 10.3. The maximum atomic E-state index is 11.8. The first-order valence-corrected chi connectivity index (χ1v) is 5.75. The van der Waals surface area contributed by atoms with Crippen molar-refractivity contribution in [2.45, 2.75) is 12.5 Å². The smallest absolute Gasteiger partial charge is 0.358 e. The second-order valence-corrected chi connectivity index (χ2v) is 4.19. The van der Waals surface area contributed by atoms with Crippen molar-refractivity contribution in [3.05, 3.63) is 48.5 Å². The van der Waals surface area contributed by atoms with E-state index in [0.717, 1.165) is 0 Å². The monoisotopic (exact) mass is 252 g/mol. The van der Waals surface area contributed by atoms with E-state index in [1.54, 1.807) is 30.3 Å². The molecule has 0 amide bonds. The second-order valence-electron chi connectivity index (χ2n) is 3.58. The molecule has 0 N–H and O–H groups in total. The minimum atomic E-state index is -0.642. The molecule has 1 atom stereocenters. The van der Waals surface area contributed by atoms with Gasteiger partial charge in [0.05, 0.1) is 6.54 Å². The molecule has 0 radical (unpaired) electrons. The van der Waals surface area contributed by atoms with Gasteiger partial charge in [-0.15, -0.1) is 0 Å². The van der Waals surface area contributed by atoms with Gasteiger partial charge in [-0.25, -0.2) is 4.79 Å². The Bertz CT molecular complexity index is 424. The van der Waals surface area contributed by atoms with Gasteiger partial charge in [-0.05, 0) is 25.2 Å². The number of halogens is 1. The molecule has 5 heteroatoms. The second kappa shape index (κ2) is 5.10. The molecule has 0 aromatic heterocycles. The highest BCUT2D eigenvalue weighted by Crippen LogP contribution is 2.19. The van der Waals surface area contributed by atoms with Crippen molar-refractivity contribution in [3.63, 3.8) is 0 Å². The highest BCUT2D eigenvalue weighted by Gasteiger charge is 2.24. The number of hydrogen-bond donors (Lipinski definition) is 0. The van der Waals surface area contributed by atoms with Crippen LogP contribution in [0.5, 0.6) is 0 Å². The number of alkyl halides is 1. The predicted octanol–water partition coefficient (Wildman–Crippen LogP) is 2.13. The molecule has 2 aliphatic rings. The van der Waals surface area contributed by atoms with E-state index in [1.165, 1.54) is 0 Å². The molecule has 0 spiro atoms. The molecule has 0 aromatic rings. The summed E-state index contributed by atoms with van der Waals surface area (Å²) >= 11 is 5.65. The molecule has 2 aliphatic heterocycles. The number of ether oxygens (including phenoxy) is 1. The van der Waals surface area contributed by atoms with Crippen molar-refractivity contribution < 1.29 is 9.53 Å². The Morgan fingerprint density at radius 2 is 2.24 bits per heavy atom. The fourth-order valence-electron chi connectivity index (χ4n) is 1.58. The van der Waals surface area contributed by atoms with Crippen LogP contribution in [-0.4, -0.2) is 28.1 Å². The molecular formula is C12H13ClN2O2. The van der Waals surface area contributed by atoms with E-state index in [2.05, 4.69) is 0 Å². The number of esters is 1. The standard InChI is InChI=1S/C12H13ClN2O2/c1-10(13)17-12(16)11-6-5-8-14-7-3-2-4-9-15(11)14/h2-6,8-10H,7H2,1H3. The molecule has 4 nitrogen and oxygen atoms in total. The van der Waals surface area contributed by atoms with Crippen LogP contribution in [0.15, 0.2) is 48.5 Å². The third-order valence-corrected chi connectivity index (χ3v) is 2.37. The first-order valence-electron chi connectivity index (χ1n) is 5.31. The van der Waals surface area contributed by atoms with E-state index in [1.807, 2.05) is 29.4 Å². The Balaban J connectivity index is 2.19. The zero-order chi connectivity index (χ0) is 12.3. The van der Waals surface area contributed by atoms with Crippen LogP contribution < -0.4 is 0 Å². The number of carbonyl (C=O) groups is 1. The number of nitrogens with zero attached hydrogens (tertiary/aromatic N) is 2. The predicted molar refractivity (Wildman–Crippen MR) is 65.5 cm³/mol. The number of hydrogen-bond acceptors (Lipinski definition) is 4. The SMILES string of the molecule is CC(Cl)OC(=O)C1=CC=CN2CC=CC=CN12. The number of allylic oxidation sites excluding steroid dienone is 4. The van der Waals surface area contributed by atoms with Crippen LogP contribution in [0.25, 0.3) is 0 Å². The number of fused-ring (bicyclic) bond motifs is 1. The van der Waals surface area contributed by atoms with E-state index in [4.69, 9.17) is 16.3 Å². The van der Waals surface area contributed by atoms with Crippen molar-refractivity contribution in [2.24, 2.45) is 0 Å². The molecule has 0 bridgehead atoms. The first kappa shape index (κ1) is 11.8.